The van der Waals surface area contributed by atoms with Gasteiger partial charge in [-0.05, 0) is 38.8 Å². The molecule has 0 aliphatic carbocycles. The molecule has 2 fully saturated rings. The number of piperidine rings is 1. The minimum absolute atomic E-state index is 0.251. The fourth-order valence-corrected chi connectivity index (χ4v) is 2.30. The molecule has 0 bridgehead atoms. The lowest BCUT2D eigenvalue weighted by Gasteiger charge is -2.40. The molecule has 2 aliphatic rings. The van der Waals surface area contributed by atoms with Gasteiger partial charge in [0.05, 0.1) is 0 Å². The summed E-state index contributed by atoms with van der Waals surface area (Å²) < 4.78 is 0. The van der Waals surface area contributed by atoms with E-state index in [1.807, 2.05) is 0 Å². The minimum atomic E-state index is -0.741. The van der Waals surface area contributed by atoms with E-state index in [2.05, 4.69) is 4.90 Å². The maximum Gasteiger partial charge on any atom is 0.407 e. The first-order valence-corrected chi connectivity index (χ1v) is 5.49. The lowest BCUT2D eigenvalue weighted by molar-refractivity contribution is 0.0706. The van der Waals surface area contributed by atoms with E-state index in [0.717, 1.165) is 39.0 Å². The van der Waals surface area contributed by atoms with Gasteiger partial charge >= 0.3 is 6.09 Å². The topological polar surface area (TPSA) is 43.8 Å². The second-order valence-electron chi connectivity index (χ2n) is 4.28. The van der Waals surface area contributed by atoms with Crippen molar-refractivity contribution in [2.24, 2.45) is 0 Å². The Morgan fingerprint density at radius 1 is 1.21 bits per heavy atom. The first-order valence-electron chi connectivity index (χ1n) is 5.49. The van der Waals surface area contributed by atoms with Crippen LogP contribution in [-0.2, 0) is 0 Å². The van der Waals surface area contributed by atoms with Crippen LogP contribution in [0, 0.1) is 0 Å². The van der Waals surface area contributed by atoms with Crippen molar-refractivity contribution in [1.29, 1.82) is 0 Å². The Morgan fingerprint density at radius 2 is 2.00 bits per heavy atom. The largest absolute Gasteiger partial charge is 0.465 e. The summed E-state index contributed by atoms with van der Waals surface area (Å²) in [5.74, 6) is 0. The molecule has 2 heterocycles. The molecule has 0 aromatic rings. The molecule has 2 saturated heterocycles. The molecule has 80 valence electrons. The van der Waals surface area contributed by atoms with E-state index in [1.165, 1.54) is 12.8 Å². The maximum absolute atomic E-state index is 11.0. The smallest absolute Gasteiger partial charge is 0.407 e. The summed E-state index contributed by atoms with van der Waals surface area (Å²) >= 11 is 0. The number of nitrogens with zero attached hydrogens (tertiary/aromatic N) is 2. The molecule has 1 unspecified atom stereocenters. The highest BCUT2D eigenvalue weighted by Crippen LogP contribution is 2.19. The summed E-state index contributed by atoms with van der Waals surface area (Å²) in [5.41, 5.74) is 0. The third kappa shape index (κ3) is 2.00. The number of amides is 1. The van der Waals surface area contributed by atoms with Gasteiger partial charge in [0.1, 0.15) is 0 Å². The summed E-state index contributed by atoms with van der Waals surface area (Å²) in [7, 11) is 0. The summed E-state index contributed by atoms with van der Waals surface area (Å²) in [4.78, 5) is 14.9. The number of carboxylic acid groups (broad SMARTS) is 1. The lowest BCUT2D eigenvalue weighted by Crippen LogP contribution is -2.51. The highest BCUT2D eigenvalue weighted by atomic mass is 16.4. The third-order valence-corrected chi connectivity index (χ3v) is 3.29. The summed E-state index contributed by atoms with van der Waals surface area (Å²) in [5, 5.41) is 9.02. The molecule has 2 rings (SSSR count). The zero-order chi connectivity index (χ0) is 9.97. The number of rotatable bonds is 2. The first-order chi connectivity index (χ1) is 6.77. The highest BCUT2D eigenvalue weighted by Gasteiger charge is 2.29. The molecular formula is C10H18N2O2. The van der Waals surface area contributed by atoms with Crippen LogP contribution in [0.25, 0.3) is 0 Å². The minimum Gasteiger partial charge on any atom is -0.465 e. The van der Waals surface area contributed by atoms with E-state index in [4.69, 9.17) is 5.11 Å². The Labute approximate surface area is 84.5 Å². The van der Waals surface area contributed by atoms with Gasteiger partial charge < -0.3 is 14.9 Å². The standard InChI is InChI=1S/C10H18N2O2/c13-10(14)12-7-2-1-4-9(12)8-11-5-3-6-11/h9H,1-8H2,(H,13,14). The van der Waals surface area contributed by atoms with Crippen LogP contribution >= 0.6 is 0 Å². The van der Waals surface area contributed by atoms with E-state index in [9.17, 15) is 4.79 Å². The predicted octanol–water partition coefficient (Wildman–Crippen LogP) is 1.22. The Hall–Kier alpha value is -0.770. The van der Waals surface area contributed by atoms with Crippen LogP contribution in [0.15, 0.2) is 0 Å². The van der Waals surface area contributed by atoms with Crippen LogP contribution < -0.4 is 0 Å². The third-order valence-electron chi connectivity index (χ3n) is 3.29. The predicted molar refractivity (Wildman–Crippen MR) is 53.4 cm³/mol. The van der Waals surface area contributed by atoms with Gasteiger partial charge in [-0.3, -0.25) is 0 Å². The lowest BCUT2D eigenvalue weighted by atomic mass is 10.0. The quantitative estimate of drug-likeness (QED) is 0.725. The molecule has 0 radical (unpaired) electrons. The van der Waals surface area contributed by atoms with E-state index in [-0.39, 0.29) is 6.04 Å². The molecule has 0 aromatic carbocycles. The zero-order valence-electron chi connectivity index (χ0n) is 8.48. The van der Waals surface area contributed by atoms with Crippen LogP contribution in [0.2, 0.25) is 0 Å². The van der Waals surface area contributed by atoms with Gasteiger partial charge in [-0.1, -0.05) is 0 Å². The average Bonchev–Trinajstić information content (AvgIpc) is 2.12. The monoisotopic (exact) mass is 198 g/mol. The van der Waals surface area contributed by atoms with Gasteiger partial charge in [0.15, 0.2) is 0 Å². The van der Waals surface area contributed by atoms with E-state index in [0.29, 0.717) is 0 Å². The Bertz CT molecular complexity index is 216. The molecule has 1 N–H and O–H groups in total. The van der Waals surface area contributed by atoms with Gasteiger partial charge in [0, 0.05) is 19.1 Å². The molecule has 14 heavy (non-hydrogen) atoms. The molecule has 4 heteroatoms. The molecule has 4 nitrogen and oxygen atoms in total. The Balaban J connectivity index is 1.88. The number of likely N-dealkylation sites (tertiary alicyclic amines) is 2. The number of hydrogen-bond acceptors (Lipinski definition) is 2. The maximum atomic E-state index is 11.0. The van der Waals surface area contributed by atoms with Gasteiger partial charge in [0.2, 0.25) is 0 Å². The molecule has 2 aliphatic heterocycles. The summed E-state index contributed by atoms with van der Waals surface area (Å²) in [6.07, 6.45) is 3.79. The van der Waals surface area contributed by atoms with Crippen molar-refractivity contribution < 1.29 is 9.90 Å². The number of hydrogen-bond donors (Lipinski definition) is 1. The fraction of sp³-hybridized carbons (Fsp3) is 0.900. The van der Waals surface area contributed by atoms with Crippen LogP contribution in [0.3, 0.4) is 0 Å². The van der Waals surface area contributed by atoms with Gasteiger partial charge in [0.25, 0.3) is 0 Å². The summed E-state index contributed by atoms with van der Waals surface area (Å²) in [6, 6.07) is 0.251. The molecular weight excluding hydrogens is 180 g/mol. The molecule has 1 atom stereocenters. The second-order valence-corrected chi connectivity index (χ2v) is 4.28. The van der Waals surface area contributed by atoms with Crippen molar-refractivity contribution in [3.63, 3.8) is 0 Å². The van der Waals surface area contributed by atoms with Crippen LogP contribution in [0.1, 0.15) is 25.7 Å². The SMILES string of the molecule is O=C(O)N1CCCCC1CN1CCC1. The zero-order valence-corrected chi connectivity index (χ0v) is 8.48. The summed E-state index contributed by atoms with van der Waals surface area (Å²) in [6.45, 7) is 3.99. The van der Waals surface area contributed by atoms with Crippen molar-refractivity contribution in [1.82, 2.24) is 9.80 Å². The van der Waals surface area contributed by atoms with E-state index < -0.39 is 6.09 Å². The van der Waals surface area contributed by atoms with Crippen molar-refractivity contribution in [3.05, 3.63) is 0 Å². The molecule has 0 aromatic heterocycles. The van der Waals surface area contributed by atoms with Crippen molar-refractivity contribution in [2.45, 2.75) is 31.7 Å². The Morgan fingerprint density at radius 3 is 2.57 bits per heavy atom. The van der Waals surface area contributed by atoms with Crippen molar-refractivity contribution in [2.75, 3.05) is 26.2 Å². The Kier molecular flexibility index (Phi) is 2.91. The second kappa shape index (κ2) is 4.17. The van der Waals surface area contributed by atoms with Crippen molar-refractivity contribution in [3.8, 4) is 0 Å². The van der Waals surface area contributed by atoms with Crippen LogP contribution in [-0.4, -0.2) is 53.2 Å². The first kappa shape index (κ1) is 9.77. The van der Waals surface area contributed by atoms with Gasteiger partial charge in [-0.2, -0.15) is 0 Å². The van der Waals surface area contributed by atoms with E-state index >= 15 is 0 Å². The van der Waals surface area contributed by atoms with Gasteiger partial charge in [-0.25, -0.2) is 4.79 Å². The fourth-order valence-electron chi connectivity index (χ4n) is 2.30. The average molecular weight is 198 g/mol. The molecule has 1 amide bonds. The highest BCUT2D eigenvalue weighted by molar-refractivity contribution is 5.65. The van der Waals surface area contributed by atoms with Gasteiger partial charge in [-0.15, -0.1) is 0 Å². The van der Waals surface area contributed by atoms with Crippen molar-refractivity contribution >= 4 is 6.09 Å². The van der Waals surface area contributed by atoms with Crippen LogP contribution in [0.5, 0.6) is 0 Å². The molecule has 0 spiro atoms. The number of carbonyl (C=O) groups is 1. The van der Waals surface area contributed by atoms with E-state index in [1.54, 1.807) is 4.90 Å². The molecule has 0 saturated carbocycles. The normalized spacial score (nSPS) is 28.6. The van der Waals surface area contributed by atoms with Crippen LogP contribution in [0.4, 0.5) is 4.79 Å².